The first kappa shape index (κ1) is 18.3. The second-order valence-electron chi connectivity index (χ2n) is 6.59. The molecule has 0 aromatic heterocycles. The van der Waals surface area contributed by atoms with E-state index < -0.39 is 0 Å². The molecular formula is C19H23ClN2O2. The quantitative estimate of drug-likeness (QED) is 0.822. The van der Waals surface area contributed by atoms with E-state index in [-0.39, 0.29) is 18.0 Å². The van der Waals surface area contributed by atoms with E-state index >= 15 is 0 Å². The molecule has 2 aromatic rings. The highest BCUT2D eigenvalue weighted by molar-refractivity contribution is 6.30. The predicted molar refractivity (Wildman–Crippen MR) is 98.6 cm³/mol. The van der Waals surface area contributed by atoms with Crippen LogP contribution in [-0.4, -0.2) is 18.0 Å². The first-order valence-electron chi connectivity index (χ1n) is 7.84. The average Bonchev–Trinajstić information content (AvgIpc) is 2.53. The smallest absolute Gasteiger partial charge is 0.238 e. The van der Waals surface area contributed by atoms with E-state index in [2.05, 4.69) is 10.6 Å². The number of carbonyl (C=O) groups excluding carboxylic acids is 1. The zero-order valence-corrected chi connectivity index (χ0v) is 15.0. The van der Waals surface area contributed by atoms with Gasteiger partial charge in [-0.15, -0.1) is 0 Å². The minimum absolute atomic E-state index is 0.0697. The molecule has 0 aliphatic heterocycles. The zero-order chi connectivity index (χ0) is 17.6. The van der Waals surface area contributed by atoms with Crippen LogP contribution < -0.4 is 15.4 Å². The van der Waals surface area contributed by atoms with Gasteiger partial charge in [0.25, 0.3) is 0 Å². The van der Waals surface area contributed by atoms with Crippen LogP contribution in [0.3, 0.4) is 0 Å². The van der Waals surface area contributed by atoms with Gasteiger partial charge in [-0.3, -0.25) is 4.79 Å². The molecule has 0 unspecified atom stereocenters. The standard InChI is InChI=1S/C19H23ClN2O2/c1-19(2,3)21-12-18(23)22-16-8-10-17(11-9-16)24-13-14-4-6-15(20)7-5-14/h4-11,21H,12-13H2,1-3H3,(H,22,23). The summed E-state index contributed by atoms with van der Waals surface area (Å²) in [4.78, 5) is 11.9. The van der Waals surface area contributed by atoms with Crippen LogP contribution in [0.15, 0.2) is 48.5 Å². The second-order valence-corrected chi connectivity index (χ2v) is 7.03. The van der Waals surface area contributed by atoms with Gasteiger partial charge >= 0.3 is 0 Å². The number of carbonyl (C=O) groups is 1. The Bertz CT molecular complexity index is 661. The minimum Gasteiger partial charge on any atom is -0.489 e. The Morgan fingerprint density at radius 2 is 1.67 bits per heavy atom. The maximum Gasteiger partial charge on any atom is 0.238 e. The molecule has 0 aliphatic carbocycles. The molecule has 0 atom stereocenters. The lowest BCUT2D eigenvalue weighted by Gasteiger charge is -2.20. The minimum atomic E-state index is -0.0866. The molecule has 0 heterocycles. The van der Waals surface area contributed by atoms with Crippen LogP contribution in [0.2, 0.25) is 5.02 Å². The fourth-order valence-electron chi connectivity index (χ4n) is 1.93. The summed E-state index contributed by atoms with van der Waals surface area (Å²) in [6.45, 7) is 6.81. The molecule has 5 heteroatoms. The lowest BCUT2D eigenvalue weighted by molar-refractivity contribution is -0.115. The summed E-state index contributed by atoms with van der Waals surface area (Å²) in [6, 6.07) is 14.9. The third-order valence-corrected chi connectivity index (χ3v) is 3.49. The maximum absolute atomic E-state index is 11.9. The van der Waals surface area contributed by atoms with E-state index in [1.165, 1.54) is 0 Å². The number of anilines is 1. The topological polar surface area (TPSA) is 50.4 Å². The Morgan fingerprint density at radius 1 is 1.04 bits per heavy atom. The third-order valence-electron chi connectivity index (χ3n) is 3.24. The van der Waals surface area contributed by atoms with Crippen molar-refractivity contribution in [1.82, 2.24) is 5.32 Å². The maximum atomic E-state index is 11.9. The first-order chi connectivity index (χ1) is 11.3. The van der Waals surface area contributed by atoms with Crippen LogP contribution in [0.25, 0.3) is 0 Å². The Balaban J connectivity index is 1.82. The molecule has 1 amide bonds. The van der Waals surface area contributed by atoms with Gasteiger partial charge in [0.15, 0.2) is 0 Å². The third kappa shape index (κ3) is 6.60. The Labute approximate surface area is 148 Å². The second kappa shape index (κ2) is 8.18. The summed E-state index contributed by atoms with van der Waals surface area (Å²) in [7, 11) is 0. The highest BCUT2D eigenvalue weighted by atomic mass is 35.5. The van der Waals surface area contributed by atoms with Gasteiger partial charge in [-0.2, -0.15) is 0 Å². The highest BCUT2D eigenvalue weighted by Crippen LogP contribution is 2.18. The molecule has 0 saturated heterocycles. The van der Waals surface area contributed by atoms with Crippen LogP contribution in [-0.2, 0) is 11.4 Å². The van der Waals surface area contributed by atoms with Crippen LogP contribution >= 0.6 is 11.6 Å². The van der Waals surface area contributed by atoms with E-state index in [4.69, 9.17) is 16.3 Å². The SMILES string of the molecule is CC(C)(C)NCC(=O)Nc1ccc(OCc2ccc(Cl)cc2)cc1. The van der Waals surface area contributed by atoms with Gasteiger partial charge in [0.2, 0.25) is 5.91 Å². The van der Waals surface area contributed by atoms with Crippen LogP contribution in [0, 0.1) is 0 Å². The summed E-state index contributed by atoms with van der Waals surface area (Å²) in [5.41, 5.74) is 1.70. The van der Waals surface area contributed by atoms with Crippen molar-refractivity contribution in [2.24, 2.45) is 0 Å². The van der Waals surface area contributed by atoms with Gasteiger partial charge in [-0.25, -0.2) is 0 Å². The van der Waals surface area contributed by atoms with E-state index in [0.717, 1.165) is 17.0 Å². The average molecular weight is 347 g/mol. The molecule has 0 aliphatic rings. The van der Waals surface area contributed by atoms with E-state index in [9.17, 15) is 4.79 Å². The number of halogens is 1. The molecule has 0 spiro atoms. The molecule has 0 saturated carbocycles. The zero-order valence-electron chi connectivity index (χ0n) is 14.2. The summed E-state index contributed by atoms with van der Waals surface area (Å²) < 4.78 is 5.72. The summed E-state index contributed by atoms with van der Waals surface area (Å²) in [6.07, 6.45) is 0. The molecule has 2 N–H and O–H groups in total. The summed E-state index contributed by atoms with van der Waals surface area (Å²) in [5.74, 6) is 0.676. The van der Waals surface area contributed by atoms with E-state index in [1.54, 1.807) is 0 Å². The highest BCUT2D eigenvalue weighted by Gasteiger charge is 2.11. The van der Waals surface area contributed by atoms with Gasteiger partial charge < -0.3 is 15.4 Å². The largest absolute Gasteiger partial charge is 0.489 e. The van der Waals surface area contributed by atoms with Crippen molar-refractivity contribution in [3.63, 3.8) is 0 Å². The van der Waals surface area contributed by atoms with Gasteiger partial charge in [0.1, 0.15) is 12.4 Å². The van der Waals surface area contributed by atoms with E-state index in [0.29, 0.717) is 11.6 Å². The fraction of sp³-hybridized carbons (Fsp3) is 0.316. The van der Waals surface area contributed by atoms with Crippen LogP contribution in [0.1, 0.15) is 26.3 Å². The lowest BCUT2D eigenvalue weighted by atomic mass is 10.1. The van der Waals surface area contributed by atoms with Gasteiger partial charge in [0.05, 0.1) is 6.54 Å². The molecule has 2 aromatic carbocycles. The molecular weight excluding hydrogens is 324 g/mol. The van der Waals surface area contributed by atoms with Gasteiger partial charge in [-0.05, 0) is 62.7 Å². The Kier molecular flexibility index (Phi) is 6.23. The van der Waals surface area contributed by atoms with Gasteiger partial charge in [0, 0.05) is 16.2 Å². The van der Waals surface area contributed by atoms with Crippen molar-refractivity contribution in [3.05, 3.63) is 59.1 Å². The first-order valence-corrected chi connectivity index (χ1v) is 8.22. The molecule has 24 heavy (non-hydrogen) atoms. The summed E-state index contributed by atoms with van der Waals surface area (Å²) in [5, 5.41) is 6.71. The van der Waals surface area contributed by atoms with Gasteiger partial charge in [-0.1, -0.05) is 23.7 Å². The lowest BCUT2D eigenvalue weighted by Crippen LogP contribution is -2.41. The number of nitrogens with one attached hydrogen (secondary N) is 2. The number of benzene rings is 2. The van der Waals surface area contributed by atoms with Crippen molar-refractivity contribution in [1.29, 1.82) is 0 Å². The number of amides is 1. The molecule has 128 valence electrons. The monoisotopic (exact) mass is 346 g/mol. The number of hydrogen-bond acceptors (Lipinski definition) is 3. The molecule has 0 fully saturated rings. The molecule has 0 radical (unpaired) electrons. The fourth-order valence-corrected chi connectivity index (χ4v) is 2.06. The number of rotatable bonds is 6. The van der Waals surface area contributed by atoms with Crippen molar-refractivity contribution in [2.75, 3.05) is 11.9 Å². The number of ether oxygens (including phenoxy) is 1. The normalized spacial score (nSPS) is 11.2. The number of hydrogen-bond donors (Lipinski definition) is 2. The van der Waals surface area contributed by atoms with E-state index in [1.807, 2.05) is 69.3 Å². The van der Waals surface area contributed by atoms with Crippen LogP contribution in [0.4, 0.5) is 5.69 Å². The molecule has 0 bridgehead atoms. The Morgan fingerprint density at radius 3 is 2.25 bits per heavy atom. The summed E-state index contributed by atoms with van der Waals surface area (Å²) >= 11 is 5.86. The van der Waals surface area contributed by atoms with Crippen molar-refractivity contribution < 1.29 is 9.53 Å². The Hall–Kier alpha value is -2.04. The molecule has 2 rings (SSSR count). The van der Waals surface area contributed by atoms with Crippen molar-refractivity contribution in [2.45, 2.75) is 32.9 Å². The van der Waals surface area contributed by atoms with Crippen LogP contribution in [0.5, 0.6) is 5.75 Å². The predicted octanol–water partition coefficient (Wildman–Crippen LogP) is 4.25. The molecule has 4 nitrogen and oxygen atoms in total. The van der Waals surface area contributed by atoms with Crippen molar-refractivity contribution in [3.8, 4) is 5.75 Å². The van der Waals surface area contributed by atoms with Crippen molar-refractivity contribution >= 4 is 23.2 Å².